The molecule has 1 heterocycles. The highest BCUT2D eigenvalue weighted by Crippen LogP contribution is 2.29. The first-order chi connectivity index (χ1) is 6.60. The van der Waals surface area contributed by atoms with Crippen molar-refractivity contribution in [2.75, 3.05) is 13.2 Å². The van der Waals surface area contributed by atoms with E-state index in [1.807, 2.05) is 13.8 Å². The first-order valence-corrected chi connectivity index (χ1v) is 4.91. The van der Waals surface area contributed by atoms with Crippen molar-refractivity contribution in [2.45, 2.75) is 32.7 Å². The number of hydrogen-bond donors (Lipinski definition) is 1. The largest absolute Gasteiger partial charge is 0.381 e. The summed E-state index contributed by atoms with van der Waals surface area (Å²) in [6.45, 7) is 4.78. The Hall–Kier alpha value is -1.08. The monoisotopic (exact) mass is 196 g/mol. The Morgan fingerprint density at radius 1 is 1.50 bits per heavy atom. The number of rotatable bonds is 2. The average molecular weight is 196 g/mol. The summed E-state index contributed by atoms with van der Waals surface area (Å²) in [4.78, 5) is 11.8. The lowest BCUT2D eigenvalue weighted by Crippen LogP contribution is -2.46. The number of nitrogens with zero attached hydrogens (tertiary/aromatic N) is 1. The summed E-state index contributed by atoms with van der Waals surface area (Å²) in [6.07, 6.45) is 1.00. The maximum absolute atomic E-state index is 11.8. The molecule has 4 nitrogen and oxygen atoms in total. The molecule has 0 saturated carbocycles. The maximum atomic E-state index is 11.8. The molecule has 1 saturated heterocycles. The van der Waals surface area contributed by atoms with Crippen LogP contribution in [0.1, 0.15) is 26.7 Å². The molecule has 1 aliphatic heterocycles. The minimum Gasteiger partial charge on any atom is -0.381 e. The average Bonchev–Trinajstić information content (AvgIpc) is 2.18. The van der Waals surface area contributed by atoms with Crippen LogP contribution in [0.15, 0.2) is 0 Å². The molecule has 1 N–H and O–H groups in total. The van der Waals surface area contributed by atoms with Gasteiger partial charge in [-0.1, -0.05) is 0 Å². The fraction of sp³-hybridized carbons (Fsp3) is 0.800. The van der Waals surface area contributed by atoms with Gasteiger partial charge < -0.3 is 10.1 Å². The topological polar surface area (TPSA) is 62.1 Å². The van der Waals surface area contributed by atoms with E-state index in [1.165, 1.54) is 0 Å². The van der Waals surface area contributed by atoms with E-state index in [-0.39, 0.29) is 11.9 Å². The van der Waals surface area contributed by atoms with E-state index in [2.05, 4.69) is 11.4 Å². The van der Waals surface area contributed by atoms with Crippen molar-refractivity contribution in [3.8, 4) is 6.07 Å². The number of nitrogens with one attached hydrogen (secondary N) is 1. The predicted molar refractivity (Wildman–Crippen MR) is 51.4 cm³/mol. The van der Waals surface area contributed by atoms with E-state index in [1.54, 1.807) is 0 Å². The zero-order chi connectivity index (χ0) is 10.6. The highest BCUT2D eigenvalue weighted by Gasteiger charge is 2.40. The smallest absolute Gasteiger partial charge is 0.240 e. The third-order valence-electron chi connectivity index (χ3n) is 2.41. The number of nitriles is 1. The predicted octanol–water partition coefficient (Wildman–Crippen LogP) is 0.831. The number of carbonyl (C=O) groups is 1. The summed E-state index contributed by atoms with van der Waals surface area (Å²) >= 11 is 0. The molecule has 1 fully saturated rings. The van der Waals surface area contributed by atoms with Crippen molar-refractivity contribution in [2.24, 2.45) is 5.41 Å². The molecule has 0 spiro atoms. The molecule has 0 aromatic carbocycles. The fourth-order valence-corrected chi connectivity index (χ4v) is 1.51. The summed E-state index contributed by atoms with van der Waals surface area (Å²) in [5, 5.41) is 11.8. The first kappa shape index (κ1) is 11.0. The molecule has 0 atom stereocenters. The van der Waals surface area contributed by atoms with Crippen LogP contribution in [-0.2, 0) is 9.53 Å². The van der Waals surface area contributed by atoms with Crippen molar-refractivity contribution in [3.63, 3.8) is 0 Å². The van der Waals surface area contributed by atoms with Crippen LogP contribution in [-0.4, -0.2) is 25.2 Å². The first-order valence-electron chi connectivity index (χ1n) is 4.91. The van der Waals surface area contributed by atoms with E-state index >= 15 is 0 Å². The van der Waals surface area contributed by atoms with Gasteiger partial charge in [0.1, 0.15) is 5.41 Å². The maximum Gasteiger partial charge on any atom is 0.240 e. The Labute approximate surface area is 84.2 Å². The molecule has 0 unspecified atom stereocenters. The standard InChI is InChI=1S/C10H16N2O2/c1-8(2)12-9(13)10(7-11)3-5-14-6-4-10/h8H,3-6H2,1-2H3,(H,12,13). The van der Waals surface area contributed by atoms with Gasteiger partial charge in [0, 0.05) is 19.3 Å². The van der Waals surface area contributed by atoms with Gasteiger partial charge in [-0.3, -0.25) is 4.79 Å². The van der Waals surface area contributed by atoms with Gasteiger partial charge >= 0.3 is 0 Å². The lowest BCUT2D eigenvalue weighted by Gasteiger charge is -2.29. The molecular weight excluding hydrogens is 180 g/mol. The van der Waals surface area contributed by atoms with Gasteiger partial charge in [-0.2, -0.15) is 5.26 Å². The lowest BCUT2D eigenvalue weighted by molar-refractivity contribution is -0.132. The third kappa shape index (κ3) is 2.24. The number of carbonyl (C=O) groups excluding carboxylic acids is 1. The van der Waals surface area contributed by atoms with Gasteiger partial charge in [0.2, 0.25) is 5.91 Å². The van der Waals surface area contributed by atoms with Gasteiger partial charge in [-0.05, 0) is 26.7 Å². The summed E-state index contributed by atoms with van der Waals surface area (Å²) in [5.74, 6) is -0.154. The van der Waals surface area contributed by atoms with Crippen molar-refractivity contribution in [1.82, 2.24) is 5.32 Å². The highest BCUT2D eigenvalue weighted by atomic mass is 16.5. The van der Waals surface area contributed by atoms with Crippen molar-refractivity contribution in [3.05, 3.63) is 0 Å². The van der Waals surface area contributed by atoms with Crippen LogP contribution >= 0.6 is 0 Å². The lowest BCUT2D eigenvalue weighted by atomic mass is 9.80. The minimum absolute atomic E-state index is 0.0792. The molecule has 14 heavy (non-hydrogen) atoms. The van der Waals surface area contributed by atoms with E-state index in [0.717, 1.165) is 0 Å². The number of hydrogen-bond acceptors (Lipinski definition) is 3. The summed E-state index contributed by atoms with van der Waals surface area (Å²) in [6, 6.07) is 2.21. The van der Waals surface area contributed by atoms with Crippen molar-refractivity contribution in [1.29, 1.82) is 5.26 Å². The molecule has 1 aliphatic rings. The second kappa shape index (κ2) is 4.43. The van der Waals surface area contributed by atoms with Crippen LogP contribution in [0.2, 0.25) is 0 Å². The quantitative estimate of drug-likeness (QED) is 0.711. The normalized spacial score (nSPS) is 20.1. The van der Waals surface area contributed by atoms with Gasteiger partial charge in [0.15, 0.2) is 0 Å². The Kier molecular flexibility index (Phi) is 3.48. The number of amides is 1. The van der Waals surface area contributed by atoms with E-state index < -0.39 is 5.41 Å². The molecule has 78 valence electrons. The SMILES string of the molecule is CC(C)NC(=O)C1(C#N)CCOCC1. The zero-order valence-electron chi connectivity index (χ0n) is 8.67. The number of ether oxygens (including phenoxy) is 1. The molecule has 0 aromatic rings. The second-order valence-electron chi connectivity index (χ2n) is 3.93. The van der Waals surface area contributed by atoms with Crippen molar-refractivity contribution >= 4 is 5.91 Å². The van der Waals surface area contributed by atoms with Gasteiger partial charge in [-0.15, -0.1) is 0 Å². The molecule has 0 bridgehead atoms. The van der Waals surface area contributed by atoms with Gasteiger partial charge in [-0.25, -0.2) is 0 Å². The molecular formula is C10H16N2O2. The van der Waals surface area contributed by atoms with E-state index in [0.29, 0.717) is 26.1 Å². The fourth-order valence-electron chi connectivity index (χ4n) is 1.51. The Morgan fingerprint density at radius 2 is 2.07 bits per heavy atom. The molecule has 1 rings (SSSR count). The van der Waals surface area contributed by atoms with Gasteiger partial charge in [0.25, 0.3) is 0 Å². The molecule has 0 radical (unpaired) electrons. The Balaban J connectivity index is 2.69. The summed E-state index contributed by atoms with van der Waals surface area (Å²) < 4.78 is 5.15. The van der Waals surface area contributed by atoms with Crippen LogP contribution in [0.3, 0.4) is 0 Å². The summed E-state index contributed by atoms with van der Waals surface area (Å²) in [5.41, 5.74) is -0.859. The summed E-state index contributed by atoms with van der Waals surface area (Å²) in [7, 11) is 0. The molecule has 0 aliphatic carbocycles. The second-order valence-corrected chi connectivity index (χ2v) is 3.93. The Morgan fingerprint density at radius 3 is 2.50 bits per heavy atom. The van der Waals surface area contributed by atoms with Crippen LogP contribution in [0, 0.1) is 16.7 Å². The van der Waals surface area contributed by atoms with Gasteiger partial charge in [0.05, 0.1) is 6.07 Å². The van der Waals surface area contributed by atoms with E-state index in [9.17, 15) is 4.79 Å². The molecule has 4 heteroatoms. The third-order valence-corrected chi connectivity index (χ3v) is 2.41. The minimum atomic E-state index is -0.859. The van der Waals surface area contributed by atoms with Crippen LogP contribution < -0.4 is 5.32 Å². The Bertz CT molecular complexity index is 249. The molecule has 0 aromatic heterocycles. The van der Waals surface area contributed by atoms with Crippen LogP contribution in [0.25, 0.3) is 0 Å². The van der Waals surface area contributed by atoms with E-state index in [4.69, 9.17) is 10.00 Å². The van der Waals surface area contributed by atoms with Crippen LogP contribution in [0.4, 0.5) is 0 Å². The van der Waals surface area contributed by atoms with Crippen molar-refractivity contribution < 1.29 is 9.53 Å². The zero-order valence-corrected chi connectivity index (χ0v) is 8.67. The van der Waals surface area contributed by atoms with Crippen LogP contribution in [0.5, 0.6) is 0 Å². The highest BCUT2D eigenvalue weighted by molar-refractivity contribution is 5.85. The molecule has 1 amide bonds.